The summed E-state index contributed by atoms with van der Waals surface area (Å²) in [5.41, 5.74) is -0.654. The van der Waals surface area contributed by atoms with E-state index in [2.05, 4.69) is 9.78 Å². The number of Topliss-reactive ketones (excluding diaryl/α,β-unsaturated/α-hetero) is 1. The van der Waals surface area contributed by atoms with Crippen LogP contribution in [0.25, 0.3) is 0 Å². The number of phenols is 3. The summed E-state index contributed by atoms with van der Waals surface area (Å²) in [4.78, 5) is 18.3. The van der Waals surface area contributed by atoms with E-state index in [4.69, 9.17) is 10.5 Å². The van der Waals surface area contributed by atoms with Gasteiger partial charge in [0.1, 0.15) is 5.56 Å². The van der Waals surface area contributed by atoms with Crippen molar-refractivity contribution in [3.8, 4) is 28.7 Å². The van der Waals surface area contributed by atoms with E-state index in [1.165, 1.54) is 0 Å². The summed E-state index contributed by atoms with van der Waals surface area (Å²) < 4.78 is 0. The molecular formula is C8H8O8. The Morgan fingerprint density at radius 3 is 1.81 bits per heavy atom. The normalized spacial score (nSPS) is 9.94. The number of hydrogen-bond donors (Lipinski definition) is 5. The molecule has 1 aromatic rings. The first-order valence-electron chi connectivity index (χ1n) is 3.90. The molecule has 0 aliphatic rings. The fourth-order valence-electron chi connectivity index (χ4n) is 1.17. The first-order valence-corrected chi connectivity index (χ1v) is 3.90. The van der Waals surface area contributed by atoms with Crippen LogP contribution in [0.2, 0.25) is 0 Å². The van der Waals surface area contributed by atoms with Gasteiger partial charge in [0.15, 0.2) is 11.5 Å². The van der Waals surface area contributed by atoms with Crippen LogP contribution in [0.15, 0.2) is 0 Å². The minimum absolute atomic E-state index is 0.654. The SMILES string of the molecule is CC(=O)c1c(O)c(O)c(OO)c(O)c1OO. The van der Waals surface area contributed by atoms with Crippen molar-refractivity contribution >= 4 is 5.78 Å². The Morgan fingerprint density at radius 2 is 1.44 bits per heavy atom. The molecule has 5 N–H and O–H groups in total. The average molecular weight is 232 g/mol. The van der Waals surface area contributed by atoms with Crippen molar-refractivity contribution in [2.75, 3.05) is 0 Å². The smallest absolute Gasteiger partial charge is 0.256 e. The maximum absolute atomic E-state index is 11.1. The van der Waals surface area contributed by atoms with Crippen LogP contribution in [-0.2, 0) is 0 Å². The van der Waals surface area contributed by atoms with Crippen molar-refractivity contribution in [3.05, 3.63) is 5.56 Å². The maximum Gasteiger partial charge on any atom is 0.256 e. The number of phenolic OH excluding ortho intramolecular Hbond substituents is 3. The predicted octanol–water partition coefficient (Wildman–Crippen LogP) is 0.710. The second kappa shape index (κ2) is 4.13. The van der Waals surface area contributed by atoms with Gasteiger partial charge in [0.25, 0.3) is 5.75 Å². The lowest BCUT2D eigenvalue weighted by Crippen LogP contribution is -2.01. The van der Waals surface area contributed by atoms with Crippen LogP contribution in [0.4, 0.5) is 0 Å². The highest BCUT2D eigenvalue weighted by Gasteiger charge is 2.29. The van der Waals surface area contributed by atoms with Crippen LogP contribution in [0.5, 0.6) is 28.7 Å². The Labute approximate surface area is 88.4 Å². The molecule has 0 saturated carbocycles. The minimum atomic E-state index is -1.06. The van der Waals surface area contributed by atoms with Crippen molar-refractivity contribution in [2.45, 2.75) is 6.92 Å². The maximum atomic E-state index is 11.1. The van der Waals surface area contributed by atoms with Crippen molar-refractivity contribution in [3.63, 3.8) is 0 Å². The summed E-state index contributed by atoms with van der Waals surface area (Å²) in [5.74, 6) is -5.69. The average Bonchev–Trinajstić information content (AvgIpc) is 2.23. The van der Waals surface area contributed by atoms with Gasteiger partial charge in [0, 0.05) is 0 Å². The topological polar surface area (TPSA) is 137 Å². The molecule has 0 bridgehead atoms. The quantitative estimate of drug-likeness (QED) is 0.169. The Balaban J connectivity index is 3.70. The standard InChI is InChI=1S/C8H8O8/c1-2(9)3-4(10)5(11)8(16-14)6(12)7(3)15-13/h10-14H,1H3. The van der Waals surface area contributed by atoms with Gasteiger partial charge in [-0.05, 0) is 6.92 Å². The molecule has 1 aromatic carbocycles. The molecule has 0 radical (unpaired) electrons. The molecule has 0 amide bonds. The van der Waals surface area contributed by atoms with Crippen LogP contribution in [-0.4, -0.2) is 31.6 Å². The molecule has 8 nitrogen and oxygen atoms in total. The molecule has 1 rings (SSSR count). The van der Waals surface area contributed by atoms with E-state index in [0.717, 1.165) is 6.92 Å². The number of ketones is 1. The van der Waals surface area contributed by atoms with Gasteiger partial charge in [-0.1, -0.05) is 0 Å². The van der Waals surface area contributed by atoms with Crippen molar-refractivity contribution in [2.24, 2.45) is 0 Å². The number of rotatable bonds is 3. The third-order valence-corrected chi connectivity index (χ3v) is 1.87. The Kier molecular flexibility index (Phi) is 3.06. The summed E-state index contributed by atoms with van der Waals surface area (Å²) in [7, 11) is 0. The monoisotopic (exact) mass is 232 g/mol. The van der Waals surface area contributed by atoms with Gasteiger partial charge in [0.05, 0.1) is 0 Å². The zero-order chi connectivity index (χ0) is 12.5. The fraction of sp³-hybridized carbons (Fsp3) is 0.125. The minimum Gasteiger partial charge on any atom is -0.504 e. The number of hydrogen-bond acceptors (Lipinski definition) is 8. The van der Waals surface area contributed by atoms with Gasteiger partial charge < -0.3 is 25.1 Å². The molecule has 0 aliphatic carbocycles. The van der Waals surface area contributed by atoms with Gasteiger partial charge in [0.2, 0.25) is 17.2 Å². The second-order valence-corrected chi connectivity index (χ2v) is 2.82. The zero-order valence-electron chi connectivity index (χ0n) is 7.96. The Hall–Kier alpha value is -2.19. The van der Waals surface area contributed by atoms with Crippen molar-refractivity contribution < 1.29 is 40.4 Å². The number of benzene rings is 1. The summed E-state index contributed by atoms with van der Waals surface area (Å²) in [6, 6.07) is 0. The van der Waals surface area contributed by atoms with Gasteiger partial charge in [-0.2, -0.15) is 0 Å². The van der Waals surface area contributed by atoms with Crippen LogP contribution < -0.4 is 9.78 Å². The fourth-order valence-corrected chi connectivity index (χ4v) is 1.17. The molecule has 0 atom stereocenters. The number of carbonyl (C=O) groups is 1. The van der Waals surface area contributed by atoms with E-state index in [1.54, 1.807) is 0 Å². The lowest BCUT2D eigenvalue weighted by molar-refractivity contribution is -0.148. The molecule has 0 spiro atoms. The molecule has 0 heterocycles. The molecule has 88 valence electrons. The molecule has 0 unspecified atom stereocenters. The summed E-state index contributed by atoms with van der Waals surface area (Å²) in [6.45, 7) is 0.996. The molecule has 0 saturated heterocycles. The zero-order valence-corrected chi connectivity index (χ0v) is 7.96. The van der Waals surface area contributed by atoms with E-state index < -0.39 is 40.1 Å². The lowest BCUT2D eigenvalue weighted by atomic mass is 10.1. The largest absolute Gasteiger partial charge is 0.504 e. The van der Waals surface area contributed by atoms with E-state index >= 15 is 0 Å². The molecule has 16 heavy (non-hydrogen) atoms. The highest BCUT2D eigenvalue weighted by molar-refractivity contribution is 6.02. The van der Waals surface area contributed by atoms with Crippen LogP contribution in [0.3, 0.4) is 0 Å². The molecular weight excluding hydrogens is 224 g/mol. The summed E-state index contributed by atoms with van der Waals surface area (Å²) in [5, 5.41) is 44.7. The molecule has 8 heteroatoms. The number of carbonyl (C=O) groups excluding carboxylic acids is 1. The van der Waals surface area contributed by atoms with E-state index in [9.17, 15) is 20.1 Å². The van der Waals surface area contributed by atoms with Crippen molar-refractivity contribution in [1.82, 2.24) is 0 Å². The third-order valence-electron chi connectivity index (χ3n) is 1.87. The second-order valence-electron chi connectivity index (χ2n) is 2.82. The van der Waals surface area contributed by atoms with Crippen LogP contribution in [0, 0.1) is 0 Å². The molecule has 0 fully saturated rings. The highest BCUT2D eigenvalue weighted by Crippen LogP contribution is 2.51. The first kappa shape index (κ1) is 11.9. The first-order chi connectivity index (χ1) is 7.45. The summed E-state index contributed by atoms with van der Waals surface area (Å²) >= 11 is 0. The third kappa shape index (κ3) is 1.55. The van der Waals surface area contributed by atoms with Crippen molar-refractivity contribution in [1.29, 1.82) is 0 Å². The van der Waals surface area contributed by atoms with Gasteiger partial charge >= 0.3 is 0 Å². The molecule has 0 aromatic heterocycles. The summed E-state index contributed by atoms with van der Waals surface area (Å²) in [6.07, 6.45) is 0. The Bertz CT molecular complexity index is 438. The van der Waals surface area contributed by atoms with Gasteiger partial charge in [-0.25, -0.2) is 10.5 Å². The van der Waals surface area contributed by atoms with E-state index in [0.29, 0.717) is 0 Å². The lowest BCUT2D eigenvalue weighted by Gasteiger charge is -2.12. The number of aromatic hydroxyl groups is 3. The predicted molar refractivity (Wildman–Crippen MR) is 48.0 cm³/mol. The van der Waals surface area contributed by atoms with E-state index in [1.807, 2.05) is 0 Å². The van der Waals surface area contributed by atoms with E-state index in [-0.39, 0.29) is 0 Å². The van der Waals surface area contributed by atoms with Crippen LogP contribution in [0.1, 0.15) is 17.3 Å². The van der Waals surface area contributed by atoms with Gasteiger partial charge in [-0.15, -0.1) is 0 Å². The van der Waals surface area contributed by atoms with Gasteiger partial charge in [-0.3, -0.25) is 4.79 Å². The van der Waals surface area contributed by atoms with Crippen LogP contribution >= 0.6 is 0 Å². The molecule has 0 aliphatic heterocycles. The Morgan fingerprint density at radius 1 is 0.938 bits per heavy atom. The highest BCUT2D eigenvalue weighted by atomic mass is 17.1.